The quantitative estimate of drug-likeness (QED) is 0.345. The molecule has 4 rings (SSSR count). The second-order valence-corrected chi connectivity index (χ2v) is 15.4. The predicted octanol–water partition coefficient (Wildman–Crippen LogP) is 5.74. The van der Waals surface area contributed by atoms with Crippen molar-refractivity contribution in [2.24, 2.45) is 29.1 Å². The van der Waals surface area contributed by atoms with Gasteiger partial charge in [-0.25, -0.2) is 0 Å². The van der Waals surface area contributed by atoms with Crippen LogP contribution in [-0.2, 0) is 9.22 Å². The van der Waals surface area contributed by atoms with E-state index in [2.05, 4.69) is 39.4 Å². The lowest BCUT2D eigenvalue weighted by Gasteiger charge is -2.56. The van der Waals surface area contributed by atoms with E-state index in [1.807, 2.05) is 0 Å². The number of terminal acetylenes is 1. The van der Waals surface area contributed by atoms with Gasteiger partial charge in [-0.05, 0) is 81.8 Å². The molecule has 0 aromatic rings. The number of hydrogen-bond donors (Lipinski definition) is 0. The Morgan fingerprint density at radius 2 is 1.93 bits per heavy atom. The molecule has 0 N–H and O–H groups in total. The van der Waals surface area contributed by atoms with Crippen molar-refractivity contribution in [3.63, 3.8) is 0 Å². The molecule has 2 nitrogen and oxygen atoms in total. The molecule has 2 saturated carbocycles. The second kappa shape index (κ2) is 6.33. The first-order valence-corrected chi connectivity index (χ1v) is 14.4. The van der Waals surface area contributed by atoms with Crippen LogP contribution in [0, 0.1) is 41.4 Å². The lowest BCUT2D eigenvalue weighted by molar-refractivity contribution is -0.119. The molecule has 4 aliphatic rings. The number of hydrogen-bond acceptors (Lipinski definition) is 2. The third-order valence-corrected chi connectivity index (χ3v) is 9.34. The fraction of sp³-hybridized carbons (Fsp3) is 0.792. The average molecular weight is 385 g/mol. The van der Waals surface area contributed by atoms with E-state index in [-0.39, 0.29) is 11.0 Å². The molecular weight excluding hydrogens is 348 g/mol. The van der Waals surface area contributed by atoms with E-state index in [0.29, 0.717) is 23.5 Å². The molecule has 0 spiro atoms. The number of fused-ring (bicyclic) bond motifs is 4. The Labute approximate surface area is 166 Å². The van der Waals surface area contributed by atoms with Gasteiger partial charge in [-0.15, -0.1) is 6.42 Å². The summed E-state index contributed by atoms with van der Waals surface area (Å²) in [7, 11) is -1.72. The van der Waals surface area contributed by atoms with Crippen LogP contribution in [0.4, 0.5) is 0 Å². The van der Waals surface area contributed by atoms with Crippen LogP contribution in [0.5, 0.6) is 0 Å². The van der Waals surface area contributed by atoms with Gasteiger partial charge in [0.1, 0.15) is 11.4 Å². The lowest BCUT2D eigenvalue weighted by atomic mass is 9.50. The lowest BCUT2D eigenvalue weighted by Crippen LogP contribution is -2.56. The Hall–Kier alpha value is -0.853. The van der Waals surface area contributed by atoms with Crippen LogP contribution in [0.2, 0.25) is 19.6 Å². The molecule has 148 valence electrons. The van der Waals surface area contributed by atoms with Gasteiger partial charge in [0.15, 0.2) is 8.32 Å². The van der Waals surface area contributed by atoms with Gasteiger partial charge in [0.2, 0.25) is 0 Å². The Morgan fingerprint density at radius 1 is 1.19 bits per heavy atom. The predicted molar refractivity (Wildman–Crippen MR) is 113 cm³/mol. The fourth-order valence-electron chi connectivity index (χ4n) is 7.42. The van der Waals surface area contributed by atoms with Crippen molar-refractivity contribution < 1.29 is 9.22 Å². The van der Waals surface area contributed by atoms with Gasteiger partial charge in [0, 0.05) is 18.3 Å². The highest BCUT2D eigenvalue weighted by Crippen LogP contribution is 2.66. The summed E-state index contributed by atoms with van der Waals surface area (Å²) in [6, 6.07) is 0. The van der Waals surface area contributed by atoms with Crippen LogP contribution in [-0.4, -0.2) is 19.7 Å². The first kappa shape index (κ1) is 19.5. The van der Waals surface area contributed by atoms with Crippen molar-refractivity contribution in [1.82, 2.24) is 0 Å². The van der Waals surface area contributed by atoms with E-state index < -0.39 is 8.32 Å². The zero-order valence-electron chi connectivity index (χ0n) is 17.9. The minimum absolute atomic E-state index is 0.0972. The number of rotatable bonds is 2. The number of carbonyl (C=O) groups excluding carboxylic acids is 1. The molecule has 0 heterocycles. The SMILES string of the molecule is C#CC1(O[Si](C)(C)C)CCC2C3C(C)CC4=C(CCC(=O)C4)C3CCC21C. The van der Waals surface area contributed by atoms with E-state index in [1.54, 1.807) is 5.57 Å². The van der Waals surface area contributed by atoms with Crippen LogP contribution in [0.25, 0.3) is 0 Å². The molecule has 2 fully saturated rings. The molecule has 0 amide bonds. The minimum atomic E-state index is -1.72. The highest BCUT2D eigenvalue weighted by atomic mass is 28.4. The molecule has 0 aliphatic heterocycles. The van der Waals surface area contributed by atoms with E-state index in [0.717, 1.165) is 38.0 Å². The van der Waals surface area contributed by atoms with Gasteiger partial charge in [-0.3, -0.25) is 4.79 Å². The zero-order valence-corrected chi connectivity index (χ0v) is 18.9. The molecule has 27 heavy (non-hydrogen) atoms. The summed E-state index contributed by atoms with van der Waals surface area (Å²) in [6.45, 7) is 11.7. The molecule has 0 aromatic carbocycles. The highest BCUT2D eigenvalue weighted by molar-refractivity contribution is 6.69. The topological polar surface area (TPSA) is 26.3 Å². The van der Waals surface area contributed by atoms with E-state index in [4.69, 9.17) is 10.8 Å². The second-order valence-electron chi connectivity index (χ2n) is 11.0. The maximum Gasteiger partial charge on any atom is 0.185 e. The monoisotopic (exact) mass is 384 g/mol. The molecule has 0 radical (unpaired) electrons. The van der Waals surface area contributed by atoms with E-state index in [9.17, 15) is 4.79 Å². The van der Waals surface area contributed by atoms with Crippen molar-refractivity contribution in [1.29, 1.82) is 0 Å². The maximum absolute atomic E-state index is 12.0. The Morgan fingerprint density at radius 3 is 2.59 bits per heavy atom. The fourth-order valence-corrected chi connectivity index (χ4v) is 8.86. The number of carbonyl (C=O) groups is 1. The smallest absolute Gasteiger partial charge is 0.185 e. The van der Waals surface area contributed by atoms with Crippen molar-refractivity contribution in [3.05, 3.63) is 11.1 Å². The van der Waals surface area contributed by atoms with Crippen molar-refractivity contribution >= 4 is 14.1 Å². The van der Waals surface area contributed by atoms with Gasteiger partial charge in [-0.1, -0.05) is 30.9 Å². The van der Waals surface area contributed by atoms with Gasteiger partial charge in [0.05, 0.1) is 0 Å². The van der Waals surface area contributed by atoms with E-state index in [1.165, 1.54) is 24.8 Å². The standard InChI is InChI=1S/C24H36O2Si/c1-7-24(26-27(4,5)6)13-11-21-22-16(2)14-17-15-18(25)8-9-19(17)20(22)10-12-23(21,24)3/h1,16,20-22H,8-15H2,2-6H3. The van der Waals surface area contributed by atoms with Gasteiger partial charge in [-0.2, -0.15) is 0 Å². The summed E-state index contributed by atoms with van der Waals surface area (Å²) in [5, 5.41) is 0. The normalized spacial score (nSPS) is 44.4. The third kappa shape index (κ3) is 2.90. The first-order valence-electron chi connectivity index (χ1n) is 11.0. The van der Waals surface area contributed by atoms with Gasteiger partial charge in [0.25, 0.3) is 0 Å². The van der Waals surface area contributed by atoms with E-state index >= 15 is 0 Å². The van der Waals surface area contributed by atoms with Crippen LogP contribution in [0.15, 0.2) is 11.1 Å². The molecule has 0 aromatic heterocycles. The highest BCUT2D eigenvalue weighted by Gasteiger charge is 2.64. The zero-order chi connectivity index (χ0) is 19.6. The van der Waals surface area contributed by atoms with Crippen LogP contribution < -0.4 is 0 Å². The summed E-state index contributed by atoms with van der Waals surface area (Å²) in [5.41, 5.74) is 2.90. The molecule has 4 aliphatic carbocycles. The summed E-state index contributed by atoms with van der Waals surface area (Å²) in [5.74, 6) is 6.38. The molecule has 6 unspecified atom stereocenters. The van der Waals surface area contributed by atoms with Crippen LogP contribution >= 0.6 is 0 Å². The molecule has 3 heteroatoms. The Kier molecular flexibility index (Phi) is 4.56. The van der Waals surface area contributed by atoms with Crippen molar-refractivity contribution in [2.45, 2.75) is 90.5 Å². The summed E-state index contributed by atoms with van der Waals surface area (Å²) >= 11 is 0. The Bertz CT molecular complexity index is 724. The first-order chi connectivity index (χ1) is 12.6. The number of allylic oxidation sites excluding steroid dienone is 2. The minimum Gasteiger partial charge on any atom is -0.401 e. The average Bonchev–Trinajstić information content (AvgIpc) is 2.86. The third-order valence-electron chi connectivity index (χ3n) is 8.38. The molecule has 0 bridgehead atoms. The van der Waals surface area contributed by atoms with Crippen molar-refractivity contribution in [2.75, 3.05) is 0 Å². The Balaban J connectivity index is 1.69. The number of Topliss-reactive ketones (excluding diaryl/α,β-unsaturated/α-hetero) is 1. The largest absolute Gasteiger partial charge is 0.401 e. The van der Waals surface area contributed by atoms with Crippen molar-refractivity contribution in [3.8, 4) is 12.3 Å². The van der Waals surface area contributed by atoms with Crippen LogP contribution in [0.1, 0.15) is 65.2 Å². The van der Waals surface area contributed by atoms with Gasteiger partial charge < -0.3 is 4.43 Å². The summed E-state index contributed by atoms with van der Waals surface area (Å²) < 4.78 is 6.79. The summed E-state index contributed by atoms with van der Waals surface area (Å²) in [4.78, 5) is 12.0. The number of ketones is 1. The van der Waals surface area contributed by atoms with Gasteiger partial charge >= 0.3 is 0 Å². The molecule has 0 saturated heterocycles. The summed E-state index contributed by atoms with van der Waals surface area (Å²) in [6.07, 6.45) is 14.5. The maximum atomic E-state index is 12.0. The van der Waals surface area contributed by atoms with Crippen LogP contribution in [0.3, 0.4) is 0 Å². The molecule has 6 atom stereocenters. The molecular formula is C24H36O2Si.